The highest BCUT2D eigenvalue weighted by molar-refractivity contribution is 6.69. The minimum atomic E-state index is -2.13. The number of cyclic esters (lactones) is 1. The maximum atomic E-state index is 14.8. The summed E-state index contributed by atoms with van der Waals surface area (Å²) < 4.78 is 39.9. The number of anilines is 1. The molecule has 0 bridgehead atoms. The Morgan fingerprint density at radius 1 is 0.854 bits per heavy atom. The van der Waals surface area contributed by atoms with Crippen molar-refractivity contribution < 1.29 is 32.3 Å². The molecule has 4 aromatic rings. The zero-order chi connectivity index (χ0) is 34.4. The smallest absolute Gasteiger partial charge is 0.417 e. The monoisotopic (exact) mass is 670 g/mol. The lowest BCUT2D eigenvalue weighted by atomic mass is 9.85. The summed E-state index contributed by atoms with van der Waals surface area (Å²) in [5.41, 5.74) is 3.30. The molecular formula is C38H40F2N2O5Si. The van der Waals surface area contributed by atoms with Crippen LogP contribution >= 0.6 is 0 Å². The predicted molar refractivity (Wildman–Crippen MR) is 183 cm³/mol. The molecule has 1 saturated heterocycles. The maximum absolute atomic E-state index is 14.8. The number of benzene rings is 4. The second-order valence-electron chi connectivity index (χ2n) is 13.0. The first kappa shape index (κ1) is 34.7. The second-order valence-corrected chi connectivity index (χ2v) is 17.4. The fourth-order valence-electron chi connectivity index (χ4n) is 5.99. The van der Waals surface area contributed by atoms with Crippen molar-refractivity contribution in [3.8, 4) is 0 Å². The average molecular weight is 671 g/mol. The van der Waals surface area contributed by atoms with Gasteiger partial charge in [0.2, 0.25) is 5.91 Å². The first-order valence-corrected chi connectivity index (χ1v) is 19.4. The number of ether oxygens (including phenoxy) is 1. The fraction of sp³-hybridized carbons (Fsp3) is 0.289. The van der Waals surface area contributed by atoms with E-state index in [2.05, 4.69) is 25.0 Å². The highest BCUT2D eigenvalue weighted by Crippen LogP contribution is 2.39. The molecule has 0 aliphatic carbocycles. The van der Waals surface area contributed by atoms with E-state index in [1.165, 1.54) is 36.1 Å². The number of halogens is 2. The van der Waals surface area contributed by atoms with Gasteiger partial charge in [-0.1, -0.05) is 66.7 Å². The van der Waals surface area contributed by atoms with E-state index in [0.29, 0.717) is 23.2 Å². The van der Waals surface area contributed by atoms with Crippen molar-refractivity contribution in [3.63, 3.8) is 0 Å². The van der Waals surface area contributed by atoms with Crippen molar-refractivity contribution in [1.29, 1.82) is 0 Å². The number of amides is 2. The van der Waals surface area contributed by atoms with Crippen LogP contribution in [0.1, 0.15) is 65.0 Å². The Balaban J connectivity index is 1.59. The molecule has 10 heteroatoms. The molecule has 0 saturated carbocycles. The molecule has 7 nitrogen and oxygen atoms in total. The van der Waals surface area contributed by atoms with Gasteiger partial charge < -0.3 is 14.5 Å². The second kappa shape index (κ2) is 15.0. The van der Waals surface area contributed by atoms with E-state index in [9.17, 15) is 23.2 Å². The Labute approximate surface area is 281 Å². The molecule has 1 fully saturated rings. The normalized spacial score (nSPS) is 16.6. The van der Waals surface area contributed by atoms with Crippen LogP contribution in [0.3, 0.4) is 0 Å². The summed E-state index contributed by atoms with van der Waals surface area (Å²) in [6, 6.07) is 26.8. The van der Waals surface area contributed by atoms with Crippen molar-refractivity contribution in [2.45, 2.75) is 57.6 Å². The van der Waals surface area contributed by atoms with E-state index in [4.69, 9.17) is 9.16 Å². The van der Waals surface area contributed by atoms with Gasteiger partial charge in [0.25, 0.3) is 0 Å². The van der Waals surface area contributed by atoms with E-state index in [-0.39, 0.29) is 24.6 Å². The Hall–Kier alpha value is -4.67. The summed E-state index contributed by atoms with van der Waals surface area (Å²) in [4.78, 5) is 41.4. The number of imide groups is 1. The lowest BCUT2D eigenvalue weighted by molar-refractivity contribution is -0.134. The van der Waals surface area contributed by atoms with Gasteiger partial charge in [0.1, 0.15) is 24.3 Å². The third-order valence-corrected chi connectivity index (χ3v) is 9.33. The number of nitrogens with zero attached hydrogens (tertiary/aromatic N) is 1. The molecule has 2 amide bonds. The third-order valence-electron chi connectivity index (χ3n) is 8.33. The predicted octanol–water partition coefficient (Wildman–Crippen LogP) is 9.03. The summed E-state index contributed by atoms with van der Waals surface area (Å²) in [6.07, 6.45) is -0.559. The number of Topliss-reactive ketones (excluding diaryl/α,β-unsaturated/α-hetero) is 1. The Bertz CT molecular complexity index is 1710. The quantitative estimate of drug-likeness (QED) is 0.113. The van der Waals surface area contributed by atoms with Crippen molar-refractivity contribution in [1.82, 2.24) is 4.90 Å². The van der Waals surface area contributed by atoms with Crippen LogP contribution in [0.25, 0.3) is 0 Å². The molecular weight excluding hydrogens is 631 g/mol. The number of ketones is 1. The topological polar surface area (TPSA) is 84.9 Å². The van der Waals surface area contributed by atoms with Crippen LogP contribution in [-0.4, -0.2) is 37.6 Å². The molecule has 0 radical (unpaired) electrons. The molecule has 1 N–H and O–H groups in total. The molecule has 0 spiro atoms. The van der Waals surface area contributed by atoms with Gasteiger partial charge in [-0.15, -0.1) is 0 Å². The Morgan fingerprint density at radius 3 is 2.02 bits per heavy atom. The number of carbonyl (C=O) groups is 3. The highest BCUT2D eigenvalue weighted by atomic mass is 28.4. The zero-order valence-corrected chi connectivity index (χ0v) is 28.5. The SMILES string of the molecule is CC(=O)c1ccc([C@@H](Nc2ccc(F)cc2)[C@@H](CC[C@H](O[Si](C)(C)C)c2ccc(F)cc2)C(=O)N2C(=O)OC[C@@H]2c2ccccc2)cc1. The van der Waals surface area contributed by atoms with Gasteiger partial charge in [0, 0.05) is 11.3 Å². The minimum absolute atomic E-state index is 0.0155. The van der Waals surface area contributed by atoms with Gasteiger partial charge in [0.05, 0.1) is 18.1 Å². The van der Waals surface area contributed by atoms with Gasteiger partial charge in [-0.25, -0.2) is 18.5 Å². The fourth-order valence-corrected chi connectivity index (χ4v) is 7.10. The number of carbonyl (C=O) groups excluding carboxylic acids is 3. The lowest BCUT2D eigenvalue weighted by Crippen LogP contribution is -2.42. The standard InChI is InChI=1S/C38H40F2N2O5Si/c1-25(43)26-10-12-29(13-11-26)36(41-32-20-18-31(40)19-21-32)33(22-23-35(47-48(2,3)4)28-14-16-30(39)17-15-28)37(44)42-34(24-46-38(42)45)27-8-6-5-7-9-27/h5-21,33-36,41H,22-24H2,1-4H3/t33-,34-,35+,36-/m1/s1. The van der Waals surface area contributed by atoms with E-state index in [1.54, 1.807) is 48.5 Å². The van der Waals surface area contributed by atoms with Crippen LogP contribution in [-0.2, 0) is 14.0 Å². The van der Waals surface area contributed by atoms with Crippen LogP contribution in [0, 0.1) is 17.6 Å². The summed E-state index contributed by atoms with van der Waals surface area (Å²) in [5.74, 6) is -2.19. The average Bonchev–Trinajstić information content (AvgIpc) is 3.46. The van der Waals surface area contributed by atoms with E-state index < -0.39 is 50.2 Å². The lowest BCUT2D eigenvalue weighted by Gasteiger charge is -2.34. The van der Waals surface area contributed by atoms with Gasteiger partial charge in [-0.3, -0.25) is 9.59 Å². The number of hydrogen-bond donors (Lipinski definition) is 1. The number of rotatable bonds is 13. The van der Waals surface area contributed by atoms with E-state index >= 15 is 0 Å². The molecule has 0 aromatic heterocycles. The van der Waals surface area contributed by atoms with E-state index in [1.807, 2.05) is 30.3 Å². The van der Waals surface area contributed by atoms with Gasteiger partial charge >= 0.3 is 6.09 Å². The van der Waals surface area contributed by atoms with Crippen LogP contribution in [0.4, 0.5) is 19.3 Å². The number of hydrogen-bond acceptors (Lipinski definition) is 6. The van der Waals surface area contributed by atoms with Crippen LogP contribution < -0.4 is 5.32 Å². The molecule has 5 rings (SSSR count). The van der Waals surface area contributed by atoms with Gasteiger partial charge in [-0.05, 0) is 92.5 Å². The first-order chi connectivity index (χ1) is 22.9. The van der Waals surface area contributed by atoms with Crippen molar-refractivity contribution >= 4 is 31.8 Å². The molecule has 250 valence electrons. The van der Waals surface area contributed by atoms with Crippen molar-refractivity contribution in [2.24, 2.45) is 5.92 Å². The Kier molecular flexibility index (Phi) is 10.9. The highest BCUT2D eigenvalue weighted by Gasteiger charge is 2.44. The molecule has 1 aliphatic rings. The molecule has 1 heterocycles. The molecule has 1 aliphatic heterocycles. The van der Waals surface area contributed by atoms with Crippen molar-refractivity contribution in [3.05, 3.63) is 137 Å². The van der Waals surface area contributed by atoms with Gasteiger partial charge in [0.15, 0.2) is 14.1 Å². The van der Waals surface area contributed by atoms with Crippen LogP contribution in [0.2, 0.25) is 19.6 Å². The molecule has 4 aromatic carbocycles. The summed E-state index contributed by atoms with van der Waals surface area (Å²) in [7, 11) is -2.13. The minimum Gasteiger partial charge on any atom is -0.446 e. The third kappa shape index (κ3) is 8.61. The largest absolute Gasteiger partial charge is 0.446 e. The summed E-state index contributed by atoms with van der Waals surface area (Å²) >= 11 is 0. The summed E-state index contributed by atoms with van der Waals surface area (Å²) in [5, 5.41) is 3.43. The first-order valence-electron chi connectivity index (χ1n) is 16.0. The molecule has 48 heavy (non-hydrogen) atoms. The van der Waals surface area contributed by atoms with Crippen LogP contribution in [0.15, 0.2) is 103 Å². The zero-order valence-electron chi connectivity index (χ0n) is 27.5. The Morgan fingerprint density at radius 2 is 1.44 bits per heavy atom. The maximum Gasteiger partial charge on any atom is 0.417 e. The van der Waals surface area contributed by atoms with E-state index in [0.717, 1.165) is 11.1 Å². The molecule has 0 unspecified atom stereocenters. The van der Waals surface area contributed by atoms with Crippen molar-refractivity contribution in [2.75, 3.05) is 11.9 Å². The van der Waals surface area contributed by atoms with Gasteiger partial charge in [-0.2, -0.15) is 0 Å². The number of nitrogens with one attached hydrogen (secondary N) is 1. The summed E-state index contributed by atoms with van der Waals surface area (Å²) in [6.45, 7) is 7.68. The van der Waals surface area contributed by atoms with Crippen LogP contribution in [0.5, 0.6) is 0 Å². The molecule has 4 atom stereocenters.